The zero-order chi connectivity index (χ0) is 21.7. The first-order valence-electron chi connectivity index (χ1n) is 10.5. The van der Waals surface area contributed by atoms with E-state index in [9.17, 15) is 0 Å². The van der Waals surface area contributed by atoms with Crippen LogP contribution in [0.25, 0.3) is 22.5 Å². The molecule has 0 aliphatic carbocycles. The van der Waals surface area contributed by atoms with E-state index in [-0.39, 0.29) is 6.10 Å². The van der Waals surface area contributed by atoms with Crippen LogP contribution in [0.15, 0.2) is 42.9 Å². The molecule has 4 heterocycles. The van der Waals surface area contributed by atoms with Gasteiger partial charge >= 0.3 is 0 Å². The van der Waals surface area contributed by atoms with Crippen LogP contribution in [0.3, 0.4) is 0 Å². The molecule has 0 fully saturated rings. The summed E-state index contributed by atoms with van der Waals surface area (Å²) in [5.41, 5.74) is 14.7. The Balaban J connectivity index is 1.81. The lowest BCUT2D eigenvalue weighted by Gasteiger charge is -2.21. The van der Waals surface area contributed by atoms with Gasteiger partial charge in [0.1, 0.15) is 6.10 Å². The van der Waals surface area contributed by atoms with Crippen molar-refractivity contribution in [3.8, 4) is 28.3 Å². The monoisotopic (exact) mass is 414 g/mol. The predicted molar refractivity (Wildman–Crippen MR) is 121 cm³/mol. The molecule has 0 radical (unpaired) electrons. The minimum atomic E-state index is -0.223. The summed E-state index contributed by atoms with van der Waals surface area (Å²) in [6, 6.07) is 8.40. The molecule has 4 aromatic rings. The fourth-order valence-electron chi connectivity index (χ4n) is 4.39. The first-order chi connectivity index (χ1) is 14.9. The van der Waals surface area contributed by atoms with Crippen molar-refractivity contribution in [2.24, 2.45) is 7.05 Å². The number of rotatable bonds is 1. The number of aromatic nitrogens is 5. The molecule has 0 unspecified atom stereocenters. The van der Waals surface area contributed by atoms with Gasteiger partial charge in [0.15, 0.2) is 11.6 Å². The van der Waals surface area contributed by atoms with Gasteiger partial charge in [0, 0.05) is 60.2 Å². The number of hydrogen-bond donors (Lipinski definition) is 1. The van der Waals surface area contributed by atoms with E-state index in [4.69, 9.17) is 15.6 Å². The standard InChI is InChI=1S/C24H26N6O/c1-5-30-23-16(12-27-30)9-18-13-29(4)28-22(18)19-7-6-14(2)8-20(19)15(3)31-21-10-17(23)11-26-24(21)25/h6-8,10-13,15H,5,9H2,1-4H3,(H2,25,26)/t15-/m1/s1. The van der Waals surface area contributed by atoms with Crippen LogP contribution >= 0.6 is 0 Å². The molecule has 2 N–H and O–H groups in total. The Kier molecular flexibility index (Phi) is 4.54. The van der Waals surface area contributed by atoms with Gasteiger partial charge in [-0.1, -0.05) is 23.8 Å². The fraction of sp³-hybridized carbons (Fsp3) is 0.292. The van der Waals surface area contributed by atoms with Crippen molar-refractivity contribution in [1.82, 2.24) is 24.5 Å². The van der Waals surface area contributed by atoms with Crippen molar-refractivity contribution < 1.29 is 4.74 Å². The van der Waals surface area contributed by atoms with E-state index in [0.717, 1.165) is 52.2 Å². The zero-order valence-electron chi connectivity index (χ0n) is 18.3. The van der Waals surface area contributed by atoms with E-state index >= 15 is 0 Å². The number of nitrogens with two attached hydrogens (primary N) is 1. The topological polar surface area (TPSA) is 83.8 Å². The highest BCUT2D eigenvalue weighted by molar-refractivity contribution is 5.72. The Morgan fingerprint density at radius 2 is 2.03 bits per heavy atom. The average molecular weight is 415 g/mol. The van der Waals surface area contributed by atoms with Gasteiger partial charge in [0.2, 0.25) is 0 Å². The number of nitrogens with zero attached hydrogens (tertiary/aromatic N) is 5. The summed E-state index contributed by atoms with van der Waals surface area (Å²) in [7, 11) is 1.96. The second kappa shape index (κ2) is 7.27. The summed E-state index contributed by atoms with van der Waals surface area (Å²) in [5, 5.41) is 9.45. The highest BCUT2D eigenvalue weighted by atomic mass is 16.5. The van der Waals surface area contributed by atoms with Gasteiger partial charge in [-0.05, 0) is 26.8 Å². The summed E-state index contributed by atoms with van der Waals surface area (Å²) < 4.78 is 10.2. The third-order valence-electron chi connectivity index (χ3n) is 5.86. The highest BCUT2D eigenvalue weighted by Crippen LogP contribution is 2.38. The normalized spacial score (nSPS) is 15.2. The van der Waals surface area contributed by atoms with Crippen molar-refractivity contribution >= 4 is 5.82 Å². The number of hydrogen-bond acceptors (Lipinski definition) is 5. The molecule has 31 heavy (non-hydrogen) atoms. The number of benzene rings is 1. The van der Waals surface area contributed by atoms with Crippen molar-refractivity contribution in [3.63, 3.8) is 0 Å². The van der Waals surface area contributed by atoms with Crippen molar-refractivity contribution in [1.29, 1.82) is 0 Å². The summed E-state index contributed by atoms with van der Waals surface area (Å²) in [6.07, 6.45) is 6.33. The van der Waals surface area contributed by atoms with Gasteiger partial charge in [0.05, 0.1) is 17.6 Å². The van der Waals surface area contributed by atoms with Crippen molar-refractivity contribution in [2.45, 2.75) is 39.8 Å². The van der Waals surface area contributed by atoms with Crippen molar-refractivity contribution in [3.05, 3.63) is 65.1 Å². The lowest BCUT2D eigenvalue weighted by Crippen LogP contribution is -2.10. The lowest BCUT2D eigenvalue weighted by molar-refractivity contribution is 0.228. The molecule has 0 saturated carbocycles. The molecular weight excluding hydrogens is 388 g/mol. The van der Waals surface area contributed by atoms with Gasteiger partial charge in [-0.15, -0.1) is 0 Å². The summed E-state index contributed by atoms with van der Waals surface area (Å²) in [4.78, 5) is 4.43. The number of fused-ring (bicyclic) bond motifs is 7. The fourth-order valence-corrected chi connectivity index (χ4v) is 4.39. The van der Waals surface area contributed by atoms with Crippen LogP contribution in [0.4, 0.5) is 5.82 Å². The van der Waals surface area contributed by atoms with E-state index in [1.807, 2.05) is 35.6 Å². The van der Waals surface area contributed by atoms with Gasteiger partial charge in [-0.2, -0.15) is 10.2 Å². The Morgan fingerprint density at radius 3 is 2.84 bits per heavy atom. The minimum absolute atomic E-state index is 0.223. The quantitative estimate of drug-likeness (QED) is 0.502. The minimum Gasteiger partial charge on any atom is -0.482 e. The van der Waals surface area contributed by atoms with Gasteiger partial charge < -0.3 is 10.5 Å². The molecule has 0 spiro atoms. The largest absolute Gasteiger partial charge is 0.482 e. The van der Waals surface area contributed by atoms with Crippen LogP contribution in [0.2, 0.25) is 0 Å². The Hall–Kier alpha value is -3.61. The molecule has 7 heteroatoms. The molecule has 3 aromatic heterocycles. The number of aryl methyl sites for hydroxylation is 3. The van der Waals surface area contributed by atoms with E-state index in [1.54, 1.807) is 6.20 Å². The summed E-state index contributed by atoms with van der Waals surface area (Å²) in [5.74, 6) is 0.957. The average Bonchev–Trinajstić information content (AvgIpc) is 3.32. The second-order valence-electron chi connectivity index (χ2n) is 8.15. The molecule has 1 aliphatic heterocycles. The molecule has 0 saturated heterocycles. The SMILES string of the molecule is CCn1ncc2c1-c1cnc(N)c(c1)O[C@H](C)c1cc(C)ccc1-c1nn(C)cc1C2. The third kappa shape index (κ3) is 3.26. The lowest BCUT2D eigenvalue weighted by atomic mass is 9.93. The number of ether oxygens (including phenoxy) is 1. The summed E-state index contributed by atoms with van der Waals surface area (Å²) in [6.45, 7) is 6.97. The van der Waals surface area contributed by atoms with Crippen LogP contribution in [-0.4, -0.2) is 24.5 Å². The Labute approximate surface area is 181 Å². The first kappa shape index (κ1) is 19.4. The smallest absolute Gasteiger partial charge is 0.166 e. The van der Waals surface area contributed by atoms with E-state index in [2.05, 4.69) is 48.3 Å². The molecular formula is C24H26N6O. The third-order valence-corrected chi connectivity index (χ3v) is 5.86. The Bertz CT molecular complexity index is 1290. The number of anilines is 1. The summed E-state index contributed by atoms with van der Waals surface area (Å²) >= 11 is 0. The van der Waals surface area contributed by atoms with E-state index in [1.165, 1.54) is 5.56 Å². The van der Waals surface area contributed by atoms with Crippen LogP contribution in [-0.2, 0) is 20.0 Å². The highest BCUT2D eigenvalue weighted by Gasteiger charge is 2.23. The Morgan fingerprint density at radius 1 is 1.19 bits per heavy atom. The van der Waals surface area contributed by atoms with Gasteiger partial charge in [-0.3, -0.25) is 9.36 Å². The van der Waals surface area contributed by atoms with E-state index in [0.29, 0.717) is 11.6 Å². The van der Waals surface area contributed by atoms with Crippen LogP contribution in [0.1, 0.15) is 42.2 Å². The van der Waals surface area contributed by atoms with Crippen LogP contribution in [0.5, 0.6) is 5.75 Å². The second-order valence-corrected chi connectivity index (χ2v) is 8.15. The van der Waals surface area contributed by atoms with Crippen LogP contribution in [0, 0.1) is 6.92 Å². The molecule has 2 bridgehead atoms. The molecule has 5 rings (SSSR count). The maximum absolute atomic E-state index is 6.37. The molecule has 1 aliphatic rings. The maximum Gasteiger partial charge on any atom is 0.166 e. The predicted octanol–water partition coefficient (Wildman–Crippen LogP) is 4.30. The zero-order valence-corrected chi connectivity index (χ0v) is 18.3. The number of pyridine rings is 1. The number of nitrogen functional groups attached to an aromatic ring is 1. The van der Waals surface area contributed by atoms with Gasteiger partial charge in [-0.25, -0.2) is 4.98 Å². The molecule has 1 aromatic carbocycles. The molecule has 0 amide bonds. The maximum atomic E-state index is 6.37. The van der Waals surface area contributed by atoms with Crippen molar-refractivity contribution in [2.75, 3.05) is 5.73 Å². The van der Waals surface area contributed by atoms with E-state index < -0.39 is 0 Å². The molecule has 7 nitrogen and oxygen atoms in total. The van der Waals surface area contributed by atoms with Crippen LogP contribution < -0.4 is 10.5 Å². The van der Waals surface area contributed by atoms with Gasteiger partial charge in [0.25, 0.3) is 0 Å². The molecule has 158 valence electrons. The first-order valence-corrected chi connectivity index (χ1v) is 10.5. The molecule has 1 atom stereocenters.